The molecule has 2 rings (SSSR count). The molecule has 0 bridgehead atoms. The van der Waals surface area contributed by atoms with Gasteiger partial charge in [-0.3, -0.25) is 0 Å². The van der Waals surface area contributed by atoms with E-state index < -0.39 is 12.0 Å². The minimum atomic E-state index is -0.935. The third-order valence-corrected chi connectivity index (χ3v) is 3.21. The zero-order valence-electron chi connectivity index (χ0n) is 10.8. The van der Waals surface area contributed by atoms with Gasteiger partial charge in [0.25, 0.3) is 0 Å². The predicted molar refractivity (Wildman–Crippen MR) is 67.6 cm³/mol. The number of urea groups is 1. The Morgan fingerprint density at radius 2 is 2.37 bits per heavy atom. The smallest absolute Gasteiger partial charge is 0.326 e. The third kappa shape index (κ3) is 3.24. The molecule has 0 spiro atoms. The molecule has 1 unspecified atom stereocenters. The van der Waals surface area contributed by atoms with E-state index in [2.05, 4.69) is 10.3 Å². The Bertz CT molecular complexity index is 446. The van der Waals surface area contributed by atoms with E-state index in [1.54, 1.807) is 12.5 Å². The molecule has 2 N–H and O–H groups in total. The lowest BCUT2D eigenvalue weighted by atomic mass is 10.2. The summed E-state index contributed by atoms with van der Waals surface area (Å²) >= 11 is 0. The van der Waals surface area contributed by atoms with Crippen LogP contribution < -0.4 is 5.32 Å². The Kier molecular flexibility index (Phi) is 4.03. The molecule has 7 nitrogen and oxygen atoms in total. The lowest BCUT2D eigenvalue weighted by Gasteiger charge is -2.24. The van der Waals surface area contributed by atoms with Crippen molar-refractivity contribution in [1.82, 2.24) is 19.8 Å². The topological polar surface area (TPSA) is 87.5 Å². The number of carboxylic acids is 1. The first-order valence-electron chi connectivity index (χ1n) is 6.33. The molecule has 2 amide bonds. The molecule has 1 fully saturated rings. The molecule has 2 heterocycles. The van der Waals surface area contributed by atoms with E-state index in [9.17, 15) is 9.59 Å². The maximum Gasteiger partial charge on any atom is 0.326 e. The summed E-state index contributed by atoms with van der Waals surface area (Å²) in [6.45, 7) is 2.99. The number of amides is 2. The molecule has 1 saturated heterocycles. The van der Waals surface area contributed by atoms with Crippen LogP contribution in [0, 0.1) is 0 Å². The van der Waals surface area contributed by atoms with E-state index in [0.29, 0.717) is 19.5 Å². The lowest BCUT2D eigenvalue weighted by molar-refractivity contribution is -0.141. The molecule has 1 aliphatic heterocycles. The molecule has 7 heteroatoms. The minimum absolute atomic E-state index is 0.0863. The first-order chi connectivity index (χ1) is 9.08. The number of rotatable bonds is 4. The zero-order valence-corrected chi connectivity index (χ0v) is 10.8. The lowest BCUT2D eigenvalue weighted by Crippen LogP contribution is -2.49. The Balaban J connectivity index is 1.88. The van der Waals surface area contributed by atoms with Gasteiger partial charge in [0.1, 0.15) is 6.04 Å². The molecule has 0 radical (unpaired) electrons. The van der Waals surface area contributed by atoms with Crippen LogP contribution in [-0.4, -0.2) is 50.2 Å². The third-order valence-electron chi connectivity index (χ3n) is 3.21. The summed E-state index contributed by atoms with van der Waals surface area (Å²) in [7, 11) is 0. The van der Waals surface area contributed by atoms with Gasteiger partial charge in [-0.1, -0.05) is 0 Å². The van der Waals surface area contributed by atoms with Gasteiger partial charge in [0.05, 0.1) is 6.33 Å². The number of carboxylic acid groups (broad SMARTS) is 1. The number of carbonyl (C=O) groups is 2. The summed E-state index contributed by atoms with van der Waals surface area (Å²) in [6.07, 6.45) is 6.44. The Hall–Kier alpha value is -2.05. The van der Waals surface area contributed by atoms with Gasteiger partial charge in [-0.25, -0.2) is 14.6 Å². The van der Waals surface area contributed by atoms with Crippen LogP contribution in [0.2, 0.25) is 0 Å². The SMILES string of the molecule is CC(Cn1ccnc1)NC(=O)N1CCC[C@@H]1C(=O)O. The van der Waals surface area contributed by atoms with Gasteiger partial charge in [0, 0.05) is 31.5 Å². The molecule has 0 aliphatic carbocycles. The predicted octanol–water partition coefficient (Wildman–Crippen LogP) is 0.530. The second-order valence-electron chi connectivity index (χ2n) is 4.80. The number of nitrogens with zero attached hydrogens (tertiary/aromatic N) is 3. The van der Waals surface area contributed by atoms with E-state index >= 15 is 0 Å². The molecular weight excluding hydrogens is 248 g/mol. The average Bonchev–Trinajstić information content (AvgIpc) is 2.97. The Morgan fingerprint density at radius 1 is 1.58 bits per heavy atom. The van der Waals surface area contributed by atoms with E-state index in [4.69, 9.17) is 5.11 Å². The van der Waals surface area contributed by atoms with Crippen molar-refractivity contribution >= 4 is 12.0 Å². The molecule has 0 aromatic carbocycles. The van der Waals surface area contributed by atoms with Crippen LogP contribution in [0.1, 0.15) is 19.8 Å². The van der Waals surface area contributed by atoms with Crippen molar-refractivity contribution in [1.29, 1.82) is 0 Å². The van der Waals surface area contributed by atoms with Crippen LogP contribution in [0.3, 0.4) is 0 Å². The highest BCUT2D eigenvalue weighted by molar-refractivity contribution is 5.83. The summed E-state index contributed by atoms with van der Waals surface area (Å²) in [5, 5.41) is 11.9. The minimum Gasteiger partial charge on any atom is -0.480 e. The van der Waals surface area contributed by atoms with Crippen LogP contribution in [0.4, 0.5) is 4.79 Å². The molecule has 19 heavy (non-hydrogen) atoms. The summed E-state index contributed by atoms with van der Waals surface area (Å²) in [4.78, 5) is 28.4. The fourth-order valence-corrected chi connectivity index (χ4v) is 2.32. The number of hydrogen-bond donors (Lipinski definition) is 2. The monoisotopic (exact) mass is 266 g/mol. The standard InChI is InChI=1S/C12H18N4O3/c1-9(7-15-6-4-13-8-15)14-12(19)16-5-2-3-10(16)11(17)18/h4,6,8-10H,2-3,5,7H2,1H3,(H,14,19)(H,17,18)/t9?,10-/m1/s1. The van der Waals surface area contributed by atoms with E-state index in [-0.39, 0.29) is 12.1 Å². The Morgan fingerprint density at radius 3 is 3.00 bits per heavy atom. The second-order valence-corrected chi connectivity index (χ2v) is 4.80. The number of hydrogen-bond acceptors (Lipinski definition) is 3. The number of aliphatic carboxylic acids is 1. The van der Waals surface area contributed by atoms with Gasteiger partial charge < -0.3 is 19.9 Å². The number of aromatic nitrogens is 2. The van der Waals surface area contributed by atoms with Crippen LogP contribution in [0.25, 0.3) is 0 Å². The highest BCUT2D eigenvalue weighted by Crippen LogP contribution is 2.17. The summed E-state index contributed by atoms with van der Waals surface area (Å²) in [6, 6.07) is -1.09. The van der Waals surface area contributed by atoms with Crippen molar-refractivity contribution in [2.24, 2.45) is 0 Å². The first kappa shape index (κ1) is 13.4. The van der Waals surface area contributed by atoms with Gasteiger partial charge in [0.2, 0.25) is 0 Å². The normalized spacial score (nSPS) is 20.3. The number of carbonyl (C=O) groups excluding carboxylic acids is 1. The highest BCUT2D eigenvalue weighted by atomic mass is 16.4. The maximum absolute atomic E-state index is 12.0. The molecule has 1 aromatic heterocycles. The summed E-state index contributed by atoms with van der Waals surface area (Å²) in [5.74, 6) is -0.935. The fourth-order valence-electron chi connectivity index (χ4n) is 2.32. The van der Waals surface area contributed by atoms with E-state index in [1.165, 1.54) is 4.90 Å². The van der Waals surface area contributed by atoms with Crippen LogP contribution >= 0.6 is 0 Å². The molecule has 0 saturated carbocycles. The number of imidazole rings is 1. The van der Waals surface area contributed by atoms with Crippen molar-refractivity contribution in [3.63, 3.8) is 0 Å². The van der Waals surface area contributed by atoms with Gasteiger partial charge in [-0.05, 0) is 19.8 Å². The van der Waals surface area contributed by atoms with E-state index in [1.807, 2.05) is 17.7 Å². The highest BCUT2D eigenvalue weighted by Gasteiger charge is 2.34. The quantitative estimate of drug-likeness (QED) is 0.832. The molecular formula is C12H18N4O3. The fraction of sp³-hybridized carbons (Fsp3) is 0.583. The van der Waals surface area contributed by atoms with Crippen molar-refractivity contribution in [3.8, 4) is 0 Å². The maximum atomic E-state index is 12.0. The van der Waals surface area contributed by atoms with Crippen molar-refractivity contribution in [3.05, 3.63) is 18.7 Å². The number of nitrogens with one attached hydrogen (secondary N) is 1. The first-order valence-corrected chi connectivity index (χ1v) is 6.33. The zero-order chi connectivity index (χ0) is 13.8. The average molecular weight is 266 g/mol. The largest absolute Gasteiger partial charge is 0.480 e. The molecule has 104 valence electrons. The number of likely N-dealkylation sites (tertiary alicyclic amines) is 1. The Labute approximate surface area is 111 Å². The summed E-state index contributed by atoms with van der Waals surface area (Å²) < 4.78 is 1.86. The van der Waals surface area contributed by atoms with Gasteiger partial charge in [-0.2, -0.15) is 0 Å². The molecule has 1 aromatic rings. The van der Waals surface area contributed by atoms with Crippen molar-refractivity contribution in [2.45, 2.75) is 38.4 Å². The van der Waals surface area contributed by atoms with Gasteiger partial charge >= 0.3 is 12.0 Å². The van der Waals surface area contributed by atoms with Gasteiger partial charge in [0.15, 0.2) is 0 Å². The van der Waals surface area contributed by atoms with Crippen LogP contribution in [-0.2, 0) is 11.3 Å². The van der Waals surface area contributed by atoms with Crippen molar-refractivity contribution < 1.29 is 14.7 Å². The van der Waals surface area contributed by atoms with Gasteiger partial charge in [-0.15, -0.1) is 0 Å². The van der Waals surface area contributed by atoms with Crippen molar-refractivity contribution in [2.75, 3.05) is 6.54 Å². The van der Waals surface area contributed by atoms with Crippen LogP contribution in [0.15, 0.2) is 18.7 Å². The van der Waals surface area contributed by atoms with E-state index in [0.717, 1.165) is 6.42 Å². The molecule has 1 aliphatic rings. The second kappa shape index (κ2) is 5.73. The summed E-state index contributed by atoms with van der Waals surface area (Å²) in [5.41, 5.74) is 0. The van der Waals surface area contributed by atoms with Crippen LogP contribution in [0.5, 0.6) is 0 Å². The molecule has 2 atom stereocenters.